The number of ether oxygens (including phenoxy) is 1. The van der Waals surface area contributed by atoms with Gasteiger partial charge < -0.3 is 9.64 Å². The molecule has 0 unspecified atom stereocenters. The van der Waals surface area contributed by atoms with E-state index in [9.17, 15) is 4.79 Å². The van der Waals surface area contributed by atoms with Gasteiger partial charge in [0.15, 0.2) is 0 Å². The molecule has 1 rings (SSSR count). The van der Waals surface area contributed by atoms with Crippen molar-refractivity contribution in [2.75, 3.05) is 14.1 Å². The third-order valence-electron chi connectivity index (χ3n) is 1.27. The number of carbonyl (C=O) groups excluding carboxylic acids is 1. The average Bonchev–Trinajstić information content (AvgIpc) is 2.51. The fraction of sp³-hybridized carbons (Fsp3) is 0.625. The van der Waals surface area contributed by atoms with Crippen molar-refractivity contribution in [2.24, 2.45) is 0 Å². The van der Waals surface area contributed by atoms with Crippen LogP contribution in [0.1, 0.15) is 13.8 Å². The zero-order valence-corrected chi connectivity index (χ0v) is 10.7. The third-order valence-corrected chi connectivity index (χ3v) is 2.90. The van der Waals surface area contributed by atoms with Crippen molar-refractivity contribution in [1.82, 2.24) is 14.3 Å². The van der Waals surface area contributed by atoms with Crippen LogP contribution in [0, 0.1) is 0 Å². The maximum atomic E-state index is 11.3. The summed E-state index contributed by atoms with van der Waals surface area (Å²) in [5.41, 5.74) is 0. The molecule has 1 heterocycles. The van der Waals surface area contributed by atoms with E-state index < -0.39 is 0 Å². The van der Waals surface area contributed by atoms with Crippen LogP contribution in [0.3, 0.4) is 0 Å². The second-order valence-electron chi connectivity index (χ2n) is 3.27. The molecule has 1 aromatic heterocycles. The van der Waals surface area contributed by atoms with Gasteiger partial charge in [0.25, 0.3) is 10.4 Å². The summed E-state index contributed by atoms with van der Waals surface area (Å²) in [6.07, 6.45) is 0.0698. The van der Waals surface area contributed by atoms with Gasteiger partial charge in [-0.2, -0.15) is 9.36 Å². The number of carbonyl (C=O) groups is 1. The number of amides is 1. The summed E-state index contributed by atoms with van der Waals surface area (Å²) in [7, 11) is 3.38. The van der Waals surface area contributed by atoms with Gasteiger partial charge in [-0.3, -0.25) is 4.79 Å². The fourth-order valence-electron chi connectivity index (χ4n) is 0.657. The average molecular weight is 247 g/mol. The minimum absolute atomic E-state index is 0.0698. The van der Waals surface area contributed by atoms with E-state index in [2.05, 4.69) is 9.36 Å². The van der Waals surface area contributed by atoms with Crippen molar-refractivity contribution < 1.29 is 9.53 Å². The van der Waals surface area contributed by atoms with E-state index >= 15 is 0 Å². The molecule has 0 N–H and O–H groups in total. The van der Waals surface area contributed by atoms with E-state index in [1.54, 1.807) is 14.1 Å². The van der Waals surface area contributed by atoms with E-state index in [4.69, 9.17) is 4.74 Å². The second-order valence-corrected chi connectivity index (χ2v) is 4.90. The first-order valence-electron chi connectivity index (χ1n) is 4.38. The molecule has 5 nitrogen and oxygen atoms in total. The molecular formula is C8H13N3O2S2. The van der Waals surface area contributed by atoms with Crippen LogP contribution in [0.15, 0.2) is 5.16 Å². The SMILES string of the molecule is CC(C)Oc1nc(SC(=O)N(C)C)ns1. The zero-order chi connectivity index (χ0) is 11.4. The van der Waals surface area contributed by atoms with Crippen LogP contribution in [0.4, 0.5) is 4.79 Å². The fourth-order valence-corrected chi connectivity index (χ4v) is 2.00. The van der Waals surface area contributed by atoms with Crippen LogP contribution >= 0.6 is 23.3 Å². The minimum atomic E-state index is -0.0936. The number of rotatable bonds is 3. The highest BCUT2D eigenvalue weighted by Crippen LogP contribution is 2.23. The molecule has 0 aliphatic rings. The number of aromatic nitrogens is 2. The lowest BCUT2D eigenvalue weighted by molar-refractivity contribution is 0.240. The first-order chi connectivity index (χ1) is 6.99. The van der Waals surface area contributed by atoms with Crippen molar-refractivity contribution in [1.29, 1.82) is 0 Å². The van der Waals surface area contributed by atoms with Crippen molar-refractivity contribution in [3.8, 4) is 5.19 Å². The predicted molar refractivity (Wildman–Crippen MR) is 60.6 cm³/mol. The number of hydrogen-bond acceptors (Lipinski definition) is 6. The molecule has 1 aromatic rings. The lowest BCUT2D eigenvalue weighted by Crippen LogP contribution is -2.16. The Labute approximate surface area is 97.0 Å². The normalized spacial score (nSPS) is 10.5. The summed E-state index contributed by atoms with van der Waals surface area (Å²) in [6, 6.07) is 0. The van der Waals surface area contributed by atoms with Gasteiger partial charge in [-0.05, 0) is 13.8 Å². The molecule has 0 fully saturated rings. The van der Waals surface area contributed by atoms with Gasteiger partial charge in [0.2, 0.25) is 5.16 Å². The van der Waals surface area contributed by atoms with Crippen molar-refractivity contribution in [3.63, 3.8) is 0 Å². The summed E-state index contributed by atoms with van der Waals surface area (Å²) in [5, 5.41) is 0.845. The zero-order valence-electron chi connectivity index (χ0n) is 9.05. The van der Waals surface area contributed by atoms with Crippen LogP contribution in [-0.2, 0) is 0 Å². The Morgan fingerprint density at radius 3 is 2.73 bits per heavy atom. The third kappa shape index (κ3) is 4.05. The molecule has 15 heavy (non-hydrogen) atoms. The van der Waals surface area contributed by atoms with Gasteiger partial charge in [-0.25, -0.2) is 0 Å². The van der Waals surface area contributed by atoms with E-state index in [0.717, 1.165) is 23.3 Å². The van der Waals surface area contributed by atoms with Crippen LogP contribution in [0.5, 0.6) is 5.19 Å². The topological polar surface area (TPSA) is 55.3 Å². The number of nitrogens with zero attached hydrogens (tertiary/aromatic N) is 3. The van der Waals surface area contributed by atoms with Gasteiger partial charge in [-0.15, -0.1) is 0 Å². The van der Waals surface area contributed by atoms with Crippen molar-refractivity contribution in [3.05, 3.63) is 0 Å². The minimum Gasteiger partial charge on any atom is -0.466 e. The Hall–Kier alpha value is -0.820. The van der Waals surface area contributed by atoms with Gasteiger partial charge >= 0.3 is 0 Å². The van der Waals surface area contributed by atoms with Crippen molar-refractivity contribution in [2.45, 2.75) is 25.1 Å². The van der Waals surface area contributed by atoms with Gasteiger partial charge in [0.1, 0.15) is 0 Å². The summed E-state index contributed by atoms with van der Waals surface area (Å²) in [4.78, 5) is 16.9. The van der Waals surface area contributed by atoms with E-state index in [1.807, 2.05) is 13.8 Å². The maximum Gasteiger partial charge on any atom is 0.294 e. The van der Waals surface area contributed by atoms with Gasteiger partial charge in [-0.1, -0.05) is 0 Å². The molecular weight excluding hydrogens is 234 g/mol. The summed E-state index contributed by atoms with van der Waals surface area (Å²) in [5.74, 6) is 0. The Kier molecular flexibility index (Phi) is 4.34. The van der Waals surface area contributed by atoms with E-state index in [-0.39, 0.29) is 11.3 Å². The molecule has 1 amide bonds. The Morgan fingerprint density at radius 1 is 1.53 bits per heavy atom. The van der Waals surface area contributed by atoms with Gasteiger partial charge in [0.05, 0.1) is 6.10 Å². The van der Waals surface area contributed by atoms with E-state index in [1.165, 1.54) is 4.90 Å². The van der Waals surface area contributed by atoms with Crippen LogP contribution in [0.2, 0.25) is 0 Å². The summed E-state index contributed by atoms with van der Waals surface area (Å²) in [6.45, 7) is 3.83. The lowest BCUT2D eigenvalue weighted by atomic mass is 10.5. The number of thioether (sulfide) groups is 1. The highest BCUT2D eigenvalue weighted by molar-refractivity contribution is 8.13. The maximum absolute atomic E-state index is 11.3. The molecule has 0 aliphatic carbocycles. The Morgan fingerprint density at radius 2 is 2.20 bits per heavy atom. The molecule has 0 spiro atoms. The molecule has 0 radical (unpaired) electrons. The molecule has 7 heteroatoms. The lowest BCUT2D eigenvalue weighted by Gasteiger charge is -2.06. The molecule has 0 aromatic carbocycles. The Bertz CT molecular complexity index is 338. The largest absolute Gasteiger partial charge is 0.466 e. The first kappa shape index (κ1) is 12.3. The smallest absolute Gasteiger partial charge is 0.294 e. The predicted octanol–water partition coefficient (Wildman–Crippen LogP) is 2.10. The summed E-state index contributed by atoms with van der Waals surface area (Å²) >= 11 is 2.15. The van der Waals surface area contributed by atoms with E-state index in [0.29, 0.717) is 10.4 Å². The molecule has 0 aliphatic heterocycles. The highest BCUT2D eigenvalue weighted by Gasteiger charge is 2.12. The van der Waals surface area contributed by atoms with Crippen LogP contribution < -0.4 is 4.74 Å². The Balaban J connectivity index is 2.56. The summed E-state index contributed by atoms with van der Waals surface area (Å²) < 4.78 is 9.36. The van der Waals surface area contributed by atoms with Crippen LogP contribution in [0.25, 0.3) is 0 Å². The second kappa shape index (κ2) is 5.32. The van der Waals surface area contributed by atoms with Crippen LogP contribution in [-0.4, -0.2) is 39.7 Å². The molecule has 0 saturated heterocycles. The molecule has 0 atom stereocenters. The standard InChI is InChI=1S/C8H13N3O2S2/c1-5(2)13-7-9-6(10-15-7)14-8(12)11(3)4/h5H,1-4H3. The molecule has 0 bridgehead atoms. The monoisotopic (exact) mass is 247 g/mol. The highest BCUT2D eigenvalue weighted by atomic mass is 32.2. The quantitative estimate of drug-likeness (QED) is 0.766. The molecule has 0 saturated carbocycles. The van der Waals surface area contributed by atoms with Crippen molar-refractivity contribution >= 4 is 28.5 Å². The molecule has 84 valence electrons. The van der Waals surface area contributed by atoms with Gasteiger partial charge in [0, 0.05) is 37.4 Å². The first-order valence-corrected chi connectivity index (χ1v) is 5.97. The number of hydrogen-bond donors (Lipinski definition) is 0.